The summed E-state index contributed by atoms with van der Waals surface area (Å²) in [7, 11) is 0. The van der Waals surface area contributed by atoms with Crippen molar-refractivity contribution in [3.8, 4) is 0 Å². The van der Waals surface area contributed by atoms with Gasteiger partial charge in [0.2, 0.25) is 0 Å². The molecule has 0 heterocycles. The Kier molecular flexibility index (Phi) is 7.08. The number of carbonyl (C=O) groups excluding carboxylic acids is 1. The summed E-state index contributed by atoms with van der Waals surface area (Å²) in [6, 6.07) is -0.0624. The quantitative estimate of drug-likeness (QED) is 0.676. The molecule has 0 spiro atoms. The Balaban J connectivity index is 3.62. The van der Waals surface area contributed by atoms with E-state index in [9.17, 15) is 4.79 Å². The number of ether oxygens (including phenoxy) is 2. The molecule has 5 heteroatoms. The fourth-order valence-corrected chi connectivity index (χ4v) is 0.996. The van der Waals surface area contributed by atoms with Crippen molar-refractivity contribution in [2.45, 2.75) is 45.8 Å². The van der Waals surface area contributed by atoms with Crippen molar-refractivity contribution in [3.63, 3.8) is 0 Å². The van der Waals surface area contributed by atoms with Crippen molar-refractivity contribution in [1.82, 2.24) is 5.32 Å². The molecule has 0 bridgehead atoms. The Morgan fingerprint density at radius 2 is 2.06 bits per heavy atom. The SMILES string of the molecule is C[C@H](COCCCN)NC(=O)OC(C)(C)C. The second-order valence-electron chi connectivity index (χ2n) is 4.76. The highest BCUT2D eigenvalue weighted by molar-refractivity contribution is 5.68. The summed E-state index contributed by atoms with van der Waals surface area (Å²) in [6.45, 7) is 9.06. The van der Waals surface area contributed by atoms with Crippen molar-refractivity contribution in [3.05, 3.63) is 0 Å². The number of hydrogen-bond donors (Lipinski definition) is 2. The molecular formula is C11H24N2O3. The van der Waals surface area contributed by atoms with Crippen molar-refractivity contribution >= 4 is 6.09 Å². The predicted octanol–water partition coefficient (Wildman–Crippen LogP) is 1.27. The third-order valence-electron chi connectivity index (χ3n) is 1.62. The zero-order chi connectivity index (χ0) is 12.6. The standard InChI is InChI=1S/C11H24N2O3/c1-9(8-15-7-5-6-12)13-10(14)16-11(2,3)4/h9H,5-8,12H2,1-4H3,(H,13,14)/t9-/m1/s1. The summed E-state index contributed by atoms with van der Waals surface area (Å²) >= 11 is 0. The van der Waals surface area contributed by atoms with Gasteiger partial charge in [-0.05, 0) is 40.7 Å². The number of nitrogens with two attached hydrogens (primary N) is 1. The Hall–Kier alpha value is -0.810. The van der Waals surface area contributed by atoms with E-state index in [1.165, 1.54) is 0 Å². The smallest absolute Gasteiger partial charge is 0.407 e. The third-order valence-corrected chi connectivity index (χ3v) is 1.62. The lowest BCUT2D eigenvalue weighted by atomic mass is 10.2. The molecule has 0 aliphatic heterocycles. The van der Waals surface area contributed by atoms with Gasteiger partial charge in [0, 0.05) is 6.61 Å². The minimum absolute atomic E-state index is 0.0624. The van der Waals surface area contributed by atoms with Crippen LogP contribution in [0.4, 0.5) is 4.79 Å². The van der Waals surface area contributed by atoms with E-state index < -0.39 is 11.7 Å². The van der Waals surface area contributed by atoms with E-state index in [1.807, 2.05) is 27.7 Å². The number of nitrogens with one attached hydrogen (secondary N) is 1. The first-order chi connectivity index (χ1) is 7.35. The van der Waals surface area contributed by atoms with E-state index >= 15 is 0 Å². The maximum atomic E-state index is 11.3. The second kappa shape index (κ2) is 7.46. The van der Waals surface area contributed by atoms with Gasteiger partial charge in [0.15, 0.2) is 0 Å². The summed E-state index contributed by atoms with van der Waals surface area (Å²) < 4.78 is 10.4. The van der Waals surface area contributed by atoms with Gasteiger partial charge in [-0.25, -0.2) is 4.79 Å². The highest BCUT2D eigenvalue weighted by Gasteiger charge is 2.17. The van der Waals surface area contributed by atoms with E-state index in [4.69, 9.17) is 15.2 Å². The molecule has 0 aromatic heterocycles. The fraction of sp³-hybridized carbons (Fsp3) is 0.909. The molecule has 1 atom stereocenters. The van der Waals surface area contributed by atoms with Gasteiger partial charge >= 0.3 is 6.09 Å². The van der Waals surface area contributed by atoms with E-state index in [-0.39, 0.29) is 6.04 Å². The molecule has 0 radical (unpaired) electrons. The number of carbonyl (C=O) groups is 1. The van der Waals surface area contributed by atoms with Gasteiger partial charge in [0.25, 0.3) is 0 Å². The monoisotopic (exact) mass is 232 g/mol. The molecule has 3 N–H and O–H groups in total. The molecule has 0 fully saturated rings. The first-order valence-electron chi connectivity index (χ1n) is 5.62. The molecule has 0 saturated heterocycles. The molecule has 1 amide bonds. The van der Waals surface area contributed by atoms with Crippen LogP contribution in [0.1, 0.15) is 34.1 Å². The van der Waals surface area contributed by atoms with Crippen molar-refractivity contribution in [2.75, 3.05) is 19.8 Å². The topological polar surface area (TPSA) is 73.6 Å². The highest BCUT2D eigenvalue weighted by atomic mass is 16.6. The molecule has 96 valence electrons. The molecule has 16 heavy (non-hydrogen) atoms. The van der Waals surface area contributed by atoms with Crippen LogP contribution in [-0.4, -0.2) is 37.5 Å². The van der Waals surface area contributed by atoms with Gasteiger partial charge in [0.05, 0.1) is 12.6 Å². The summed E-state index contributed by atoms with van der Waals surface area (Å²) in [6.07, 6.45) is 0.418. The van der Waals surface area contributed by atoms with Crippen LogP contribution in [0.3, 0.4) is 0 Å². The van der Waals surface area contributed by atoms with Gasteiger partial charge in [-0.15, -0.1) is 0 Å². The van der Waals surface area contributed by atoms with Gasteiger partial charge in [-0.1, -0.05) is 0 Å². The van der Waals surface area contributed by atoms with E-state index in [2.05, 4.69) is 5.32 Å². The van der Waals surface area contributed by atoms with Gasteiger partial charge in [0.1, 0.15) is 5.60 Å². The van der Waals surface area contributed by atoms with Crippen LogP contribution in [0.15, 0.2) is 0 Å². The first kappa shape index (κ1) is 15.2. The Morgan fingerprint density at radius 3 is 2.56 bits per heavy atom. The lowest BCUT2D eigenvalue weighted by molar-refractivity contribution is 0.0453. The molecule has 0 rings (SSSR count). The largest absolute Gasteiger partial charge is 0.444 e. The second-order valence-corrected chi connectivity index (χ2v) is 4.76. The minimum Gasteiger partial charge on any atom is -0.444 e. The fourth-order valence-electron chi connectivity index (χ4n) is 0.996. The molecule has 0 aliphatic carbocycles. The molecule has 0 saturated carbocycles. The van der Waals surface area contributed by atoms with E-state index in [0.29, 0.717) is 19.8 Å². The summed E-state index contributed by atoms with van der Waals surface area (Å²) in [5.41, 5.74) is 4.86. The molecule has 0 aromatic carbocycles. The lowest BCUT2D eigenvalue weighted by Crippen LogP contribution is -2.39. The number of amides is 1. The van der Waals surface area contributed by atoms with Crippen LogP contribution >= 0.6 is 0 Å². The Labute approximate surface area is 97.7 Å². The molecule has 0 aliphatic rings. The number of hydrogen-bond acceptors (Lipinski definition) is 4. The van der Waals surface area contributed by atoms with Crippen LogP contribution in [0.25, 0.3) is 0 Å². The minimum atomic E-state index is -0.468. The van der Waals surface area contributed by atoms with Crippen molar-refractivity contribution in [2.24, 2.45) is 5.73 Å². The average Bonchev–Trinajstić information content (AvgIpc) is 2.09. The van der Waals surface area contributed by atoms with Crippen LogP contribution in [0, 0.1) is 0 Å². The summed E-state index contributed by atoms with van der Waals surface area (Å²) in [4.78, 5) is 11.3. The highest BCUT2D eigenvalue weighted by Crippen LogP contribution is 2.06. The third kappa shape index (κ3) is 9.73. The molecule has 0 aromatic rings. The molecule has 0 unspecified atom stereocenters. The zero-order valence-electron chi connectivity index (χ0n) is 10.7. The predicted molar refractivity (Wildman–Crippen MR) is 63.3 cm³/mol. The van der Waals surface area contributed by atoms with Crippen LogP contribution < -0.4 is 11.1 Å². The summed E-state index contributed by atoms with van der Waals surface area (Å²) in [5, 5.41) is 2.70. The van der Waals surface area contributed by atoms with Crippen molar-refractivity contribution in [1.29, 1.82) is 0 Å². The average molecular weight is 232 g/mol. The lowest BCUT2D eigenvalue weighted by Gasteiger charge is -2.21. The van der Waals surface area contributed by atoms with Gasteiger partial charge < -0.3 is 20.5 Å². The number of rotatable bonds is 6. The molecule has 5 nitrogen and oxygen atoms in total. The van der Waals surface area contributed by atoms with Gasteiger partial charge in [-0.3, -0.25) is 0 Å². The maximum absolute atomic E-state index is 11.3. The maximum Gasteiger partial charge on any atom is 0.407 e. The van der Waals surface area contributed by atoms with Gasteiger partial charge in [-0.2, -0.15) is 0 Å². The summed E-state index contributed by atoms with van der Waals surface area (Å²) in [5.74, 6) is 0. The Bertz CT molecular complexity index is 202. The zero-order valence-corrected chi connectivity index (χ0v) is 10.7. The van der Waals surface area contributed by atoms with E-state index in [1.54, 1.807) is 0 Å². The van der Waals surface area contributed by atoms with Crippen LogP contribution in [-0.2, 0) is 9.47 Å². The first-order valence-corrected chi connectivity index (χ1v) is 5.62. The Morgan fingerprint density at radius 1 is 1.44 bits per heavy atom. The van der Waals surface area contributed by atoms with Crippen LogP contribution in [0.2, 0.25) is 0 Å². The van der Waals surface area contributed by atoms with E-state index in [0.717, 1.165) is 6.42 Å². The molecular weight excluding hydrogens is 208 g/mol. The number of alkyl carbamates (subject to hydrolysis) is 1. The normalized spacial score (nSPS) is 13.3. The van der Waals surface area contributed by atoms with Crippen LogP contribution in [0.5, 0.6) is 0 Å². The van der Waals surface area contributed by atoms with Crippen molar-refractivity contribution < 1.29 is 14.3 Å².